The Bertz CT molecular complexity index is 1170. The number of aromatic nitrogens is 1. The second-order valence-electron chi connectivity index (χ2n) is 8.05. The first-order valence-electron chi connectivity index (χ1n) is 10.6. The summed E-state index contributed by atoms with van der Waals surface area (Å²) < 4.78 is 33.2. The quantitative estimate of drug-likeness (QED) is 0.597. The van der Waals surface area contributed by atoms with Gasteiger partial charge in [0.1, 0.15) is 17.6 Å². The Morgan fingerprint density at radius 3 is 2.65 bits per heavy atom. The summed E-state index contributed by atoms with van der Waals surface area (Å²) >= 11 is 12.5. The van der Waals surface area contributed by atoms with Gasteiger partial charge < -0.3 is 15.2 Å². The molecule has 0 saturated carbocycles. The molecule has 2 aromatic rings. The molecule has 0 spiro atoms. The molecule has 2 aliphatic rings. The van der Waals surface area contributed by atoms with E-state index in [9.17, 15) is 18.7 Å². The fraction of sp³-hybridized carbons (Fsp3) is 0.348. The standard InChI is InChI=1S/C23H22Cl2F2N4O3/c1-34-23(33)19-18(11-31-6-4-14(32)5-7-31)29-22(21-17(27)9-13(26)10-28-21)30-20(19)15-3-2-12(24)8-16(15)25/h2-3,8-10,14,20,32H,4-7,11H2,1H3,(H,29,30). The lowest BCUT2D eigenvalue weighted by molar-refractivity contribution is -0.136. The van der Waals surface area contributed by atoms with Crippen LogP contribution in [0.2, 0.25) is 10.0 Å². The van der Waals surface area contributed by atoms with Gasteiger partial charge >= 0.3 is 5.97 Å². The van der Waals surface area contributed by atoms with E-state index in [4.69, 9.17) is 27.9 Å². The predicted octanol–water partition coefficient (Wildman–Crippen LogP) is 3.64. The minimum absolute atomic E-state index is 0.0215. The normalized spacial score (nSPS) is 19.6. The predicted molar refractivity (Wildman–Crippen MR) is 124 cm³/mol. The zero-order valence-electron chi connectivity index (χ0n) is 18.2. The first-order chi connectivity index (χ1) is 16.3. The summed E-state index contributed by atoms with van der Waals surface area (Å²) in [4.78, 5) is 23.4. The van der Waals surface area contributed by atoms with E-state index in [1.165, 1.54) is 13.2 Å². The maximum Gasteiger partial charge on any atom is 0.338 e. The van der Waals surface area contributed by atoms with Gasteiger partial charge in [-0.2, -0.15) is 0 Å². The number of hydrogen-bond acceptors (Lipinski definition) is 7. The van der Waals surface area contributed by atoms with Gasteiger partial charge in [-0.05, 0) is 25.0 Å². The number of pyridine rings is 1. The van der Waals surface area contributed by atoms with Gasteiger partial charge in [0.2, 0.25) is 0 Å². The van der Waals surface area contributed by atoms with Crippen LogP contribution < -0.4 is 5.32 Å². The first-order valence-corrected chi connectivity index (χ1v) is 11.4. The Kier molecular flexibility index (Phi) is 7.47. The zero-order chi connectivity index (χ0) is 24.4. The monoisotopic (exact) mass is 510 g/mol. The summed E-state index contributed by atoms with van der Waals surface area (Å²) in [6.07, 6.45) is 1.68. The van der Waals surface area contributed by atoms with Crippen molar-refractivity contribution in [1.29, 1.82) is 0 Å². The van der Waals surface area contributed by atoms with E-state index in [1.807, 2.05) is 0 Å². The summed E-state index contributed by atoms with van der Waals surface area (Å²) in [5.74, 6) is -2.35. The fourth-order valence-electron chi connectivity index (χ4n) is 4.03. The minimum atomic E-state index is -0.954. The van der Waals surface area contributed by atoms with Gasteiger partial charge in [0.15, 0.2) is 11.7 Å². The van der Waals surface area contributed by atoms with E-state index in [0.29, 0.717) is 48.3 Å². The van der Waals surface area contributed by atoms with Crippen molar-refractivity contribution in [3.05, 3.63) is 74.7 Å². The number of nitrogens with zero attached hydrogens (tertiary/aromatic N) is 3. The summed E-state index contributed by atoms with van der Waals surface area (Å²) in [6, 6.07) is 4.52. The van der Waals surface area contributed by atoms with Gasteiger partial charge in [0.05, 0.1) is 25.0 Å². The number of piperidine rings is 1. The van der Waals surface area contributed by atoms with Crippen molar-refractivity contribution in [3.63, 3.8) is 0 Å². The van der Waals surface area contributed by atoms with Crippen molar-refractivity contribution in [2.75, 3.05) is 26.7 Å². The molecule has 0 bridgehead atoms. The Hall–Kier alpha value is -2.59. The van der Waals surface area contributed by atoms with E-state index in [1.54, 1.807) is 12.1 Å². The maximum atomic E-state index is 14.6. The van der Waals surface area contributed by atoms with Crippen molar-refractivity contribution < 1.29 is 23.4 Å². The molecule has 2 N–H and O–H groups in total. The van der Waals surface area contributed by atoms with Crippen molar-refractivity contribution in [2.24, 2.45) is 4.99 Å². The van der Waals surface area contributed by atoms with Crippen molar-refractivity contribution in [2.45, 2.75) is 25.0 Å². The Labute approximate surface area is 205 Å². The lowest BCUT2D eigenvalue weighted by Gasteiger charge is -2.33. The van der Waals surface area contributed by atoms with Crippen LogP contribution >= 0.6 is 23.2 Å². The number of benzene rings is 1. The third kappa shape index (κ3) is 5.22. The Balaban J connectivity index is 1.83. The third-order valence-electron chi connectivity index (χ3n) is 5.76. The summed E-state index contributed by atoms with van der Waals surface area (Å²) in [5.41, 5.74) is 0.880. The highest BCUT2D eigenvalue weighted by Crippen LogP contribution is 2.37. The van der Waals surface area contributed by atoms with Crippen molar-refractivity contribution >= 4 is 35.0 Å². The van der Waals surface area contributed by atoms with E-state index < -0.39 is 23.6 Å². The number of aliphatic hydroxyl groups excluding tert-OH is 1. The number of aliphatic hydroxyl groups is 1. The summed E-state index contributed by atoms with van der Waals surface area (Å²) in [6.45, 7) is 1.48. The Morgan fingerprint density at radius 2 is 2.00 bits per heavy atom. The van der Waals surface area contributed by atoms with E-state index >= 15 is 0 Å². The van der Waals surface area contributed by atoms with Gasteiger partial charge in [-0.15, -0.1) is 0 Å². The average molecular weight is 511 g/mol. The number of likely N-dealkylation sites (tertiary alicyclic amines) is 1. The number of halogens is 4. The number of rotatable bonds is 5. The minimum Gasteiger partial charge on any atom is -0.466 e. The summed E-state index contributed by atoms with van der Waals surface area (Å²) in [5, 5.41) is 13.5. The molecule has 1 aromatic heterocycles. The van der Waals surface area contributed by atoms with Crippen LogP contribution in [0.3, 0.4) is 0 Å². The molecule has 0 amide bonds. The van der Waals surface area contributed by atoms with Crippen LogP contribution in [0, 0.1) is 11.6 Å². The van der Waals surface area contributed by atoms with E-state index in [0.717, 1.165) is 6.20 Å². The molecule has 1 aromatic carbocycles. The lowest BCUT2D eigenvalue weighted by Crippen LogP contribution is -2.43. The first kappa shape index (κ1) is 24.5. The number of nitrogens with one attached hydrogen (secondary N) is 1. The molecule has 0 radical (unpaired) electrons. The molecule has 1 unspecified atom stereocenters. The van der Waals surface area contributed by atoms with Gasteiger partial charge in [-0.3, -0.25) is 9.89 Å². The number of esters is 1. The molecule has 0 aliphatic carbocycles. The molecule has 3 heterocycles. The molecule has 1 saturated heterocycles. The molecule has 34 heavy (non-hydrogen) atoms. The van der Waals surface area contributed by atoms with Crippen LogP contribution in [0.15, 0.2) is 46.7 Å². The molecule has 4 rings (SSSR count). The highest BCUT2D eigenvalue weighted by molar-refractivity contribution is 6.35. The van der Waals surface area contributed by atoms with Crippen molar-refractivity contribution in [1.82, 2.24) is 15.2 Å². The van der Waals surface area contributed by atoms with Gasteiger partial charge in [-0.25, -0.2) is 18.6 Å². The molecule has 2 aliphatic heterocycles. The third-order valence-corrected chi connectivity index (χ3v) is 6.32. The number of carbonyl (C=O) groups is 1. The largest absolute Gasteiger partial charge is 0.466 e. The zero-order valence-corrected chi connectivity index (χ0v) is 19.7. The smallest absolute Gasteiger partial charge is 0.338 e. The number of aliphatic imine (C=N–C) groups is 1. The van der Waals surface area contributed by atoms with Crippen LogP contribution in [0.5, 0.6) is 0 Å². The molecular weight excluding hydrogens is 489 g/mol. The molecule has 180 valence electrons. The molecule has 7 nitrogen and oxygen atoms in total. The fourth-order valence-corrected chi connectivity index (χ4v) is 4.54. The van der Waals surface area contributed by atoms with E-state index in [2.05, 4.69) is 20.2 Å². The maximum absolute atomic E-state index is 14.6. The second kappa shape index (κ2) is 10.4. The number of methoxy groups -OCH3 is 1. The topological polar surface area (TPSA) is 87.0 Å². The number of amidine groups is 1. The molecule has 1 fully saturated rings. The average Bonchev–Trinajstić information content (AvgIpc) is 2.80. The number of carbonyl (C=O) groups excluding carboxylic acids is 1. The molecular formula is C23H22Cl2F2N4O3. The summed E-state index contributed by atoms with van der Waals surface area (Å²) in [7, 11) is 1.26. The lowest BCUT2D eigenvalue weighted by atomic mass is 9.94. The van der Waals surface area contributed by atoms with Gasteiger partial charge in [-0.1, -0.05) is 29.3 Å². The van der Waals surface area contributed by atoms with Crippen LogP contribution in [-0.4, -0.2) is 59.6 Å². The highest BCUT2D eigenvalue weighted by atomic mass is 35.5. The Morgan fingerprint density at radius 1 is 1.26 bits per heavy atom. The van der Waals surface area contributed by atoms with Gasteiger partial charge in [0, 0.05) is 47.0 Å². The molecule has 11 heteroatoms. The van der Waals surface area contributed by atoms with Crippen molar-refractivity contribution in [3.8, 4) is 0 Å². The van der Waals surface area contributed by atoms with Crippen LogP contribution in [0.4, 0.5) is 8.78 Å². The van der Waals surface area contributed by atoms with Crippen LogP contribution in [-0.2, 0) is 9.53 Å². The molecule has 1 atom stereocenters. The van der Waals surface area contributed by atoms with Crippen LogP contribution in [0.25, 0.3) is 0 Å². The number of ether oxygens (including phenoxy) is 1. The van der Waals surface area contributed by atoms with Crippen LogP contribution in [0.1, 0.15) is 30.1 Å². The van der Waals surface area contributed by atoms with E-state index in [-0.39, 0.29) is 34.8 Å². The van der Waals surface area contributed by atoms with Gasteiger partial charge in [0.25, 0.3) is 0 Å². The number of hydrogen-bond donors (Lipinski definition) is 2. The highest BCUT2D eigenvalue weighted by Gasteiger charge is 2.35. The second-order valence-corrected chi connectivity index (χ2v) is 8.89. The SMILES string of the molecule is COC(=O)C1=C(CN2CCC(O)CC2)NC(c2ncc(F)cc2F)=NC1c1ccc(Cl)cc1Cl.